The van der Waals surface area contributed by atoms with E-state index in [1.165, 1.54) is 5.69 Å². The lowest BCUT2D eigenvalue weighted by Gasteiger charge is -2.40. The third kappa shape index (κ3) is 4.54. The number of likely N-dealkylation sites (tertiary alicyclic amines) is 1. The zero-order chi connectivity index (χ0) is 19.2. The molecule has 0 aliphatic carbocycles. The van der Waals surface area contributed by atoms with E-state index >= 15 is 0 Å². The Morgan fingerprint density at radius 3 is 2.04 bits per heavy atom. The minimum absolute atomic E-state index is 0.0639. The van der Waals surface area contributed by atoms with Crippen molar-refractivity contribution in [3.63, 3.8) is 0 Å². The molecular weight excluding hydrogens is 340 g/mol. The third-order valence-electron chi connectivity index (χ3n) is 5.86. The average Bonchev–Trinajstić information content (AvgIpc) is 2.75. The summed E-state index contributed by atoms with van der Waals surface area (Å²) in [6.45, 7) is 10.2. The average molecular weight is 373 g/mol. The van der Waals surface area contributed by atoms with Crippen molar-refractivity contribution in [1.29, 1.82) is 0 Å². The Kier molecular flexibility index (Phi) is 6.58. The Hall–Kier alpha value is -2.24. The molecule has 6 heteroatoms. The van der Waals surface area contributed by atoms with Crippen molar-refractivity contribution in [2.75, 3.05) is 57.3 Å². The highest BCUT2D eigenvalue weighted by Gasteiger charge is 2.32. The van der Waals surface area contributed by atoms with Crippen molar-refractivity contribution in [2.45, 2.75) is 26.7 Å². The molecule has 0 bridgehead atoms. The van der Waals surface area contributed by atoms with Gasteiger partial charge >= 0.3 is 6.03 Å². The van der Waals surface area contributed by atoms with E-state index in [-0.39, 0.29) is 17.9 Å². The minimum Gasteiger partial charge on any atom is -0.368 e. The molecule has 2 aliphatic heterocycles. The number of para-hydroxylation sites is 1. The molecule has 0 atom stereocenters. The van der Waals surface area contributed by atoms with Gasteiger partial charge in [-0.05, 0) is 38.8 Å². The highest BCUT2D eigenvalue weighted by atomic mass is 16.2. The third-order valence-corrected chi connectivity index (χ3v) is 5.86. The van der Waals surface area contributed by atoms with Crippen molar-refractivity contribution in [3.8, 4) is 0 Å². The normalized spacial score (nSPS) is 18.5. The number of carbonyl (C=O) groups is 2. The zero-order valence-corrected chi connectivity index (χ0v) is 16.6. The molecule has 0 radical (unpaired) electrons. The largest absolute Gasteiger partial charge is 0.368 e. The molecule has 2 saturated heterocycles. The van der Waals surface area contributed by atoms with Crippen molar-refractivity contribution in [3.05, 3.63) is 30.3 Å². The van der Waals surface area contributed by atoms with Gasteiger partial charge in [-0.2, -0.15) is 0 Å². The van der Waals surface area contributed by atoms with Crippen LogP contribution in [0.5, 0.6) is 0 Å². The molecule has 6 nitrogen and oxygen atoms in total. The molecule has 2 heterocycles. The second-order valence-electron chi connectivity index (χ2n) is 7.36. The van der Waals surface area contributed by atoms with Crippen molar-refractivity contribution < 1.29 is 9.59 Å². The summed E-state index contributed by atoms with van der Waals surface area (Å²) in [5.41, 5.74) is 1.23. The van der Waals surface area contributed by atoms with Gasteiger partial charge in [-0.25, -0.2) is 4.79 Å². The second-order valence-corrected chi connectivity index (χ2v) is 7.36. The van der Waals surface area contributed by atoms with Crippen LogP contribution in [0.4, 0.5) is 10.5 Å². The van der Waals surface area contributed by atoms with Crippen LogP contribution in [-0.4, -0.2) is 79.0 Å². The predicted octanol–water partition coefficient (Wildman–Crippen LogP) is 2.51. The Morgan fingerprint density at radius 1 is 0.889 bits per heavy atom. The summed E-state index contributed by atoms with van der Waals surface area (Å²) in [5, 5.41) is 0. The van der Waals surface area contributed by atoms with E-state index in [9.17, 15) is 9.59 Å². The monoisotopic (exact) mass is 372 g/mol. The number of urea groups is 1. The standard InChI is InChI=1S/C21H32N4O2/c1-3-22(4-2)21(27)25-12-10-18(11-13-25)20(26)24-16-14-23(15-17-24)19-8-6-5-7-9-19/h5-9,18H,3-4,10-17H2,1-2H3. The first-order chi connectivity index (χ1) is 13.1. The van der Waals surface area contributed by atoms with E-state index in [1.807, 2.05) is 34.6 Å². The molecule has 0 spiro atoms. The van der Waals surface area contributed by atoms with Gasteiger partial charge in [0.15, 0.2) is 0 Å². The number of hydrogen-bond acceptors (Lipinski definition) is 3. The van der Waals surface area contributed by atoms with E-state index in [1.54, 1.807) is 0 Å². The molecular formula is C21H32N4O2. The first-order valence-corrected chi connectivity index (χ1v) is 10.3. The van der Waals surface area contributed by atoms with Gasteiger partial charge in [0.1, 0.15) is 0 Å². The van der Waals surface area contributed by atoms with Gasteiger partial charge in [0.25, 0.3) is 0 Å². The number of piperidine rings is 1. The van der Waals surface area contributed by atoms with E-state index in [4.69, 9.17) is 0 Å². The number of carbonyl (C=O) groups excluding carboxylic acids is 2. The number of nitrogens with zero attached hydrogens (tertiary/aromatic N) is 4. The van der Waals surface area contributed by atoms with Gasteiger partial charge in [-0.15, -0.1) is 0 Å². The van der Waals surface area contributed by atoms with Crippen LogP contribution >= 0.6 is 0 Å². The topological polar surface area (TPSA) is 47.1 Å². The fourth-order valence-corrected chi connectivity index (χ4v) is 4.09. The quantitative estimate of drug-likeness (QED) is 0.816. The SMILES string of the molecule is CCN(CC)C(=O)N1CCC(C(=O)N2CCN(c3ccccc3)CC2)CC1. The van der Waals surface area contributed by atoms with Gasteiger partial charge < -0.3 is 19.6 Å². The fourth-order valence-electron chi connectivity index (χ4n) is 4.09. The fraction of sp³-hybridized carbons (Fsp3) is 0.619. The van der Waals surface area contributed by atoms with Gasteiger partial charge in [-0.3, -0.25) is 4.79 Å². The van der Waals surface area contributed by atoms with Crippen molar-refractivity contribution >= 4 is 17.6 Å². The molecule has 1 aromatic carbocycles. The Labute approximate surface area is 162 Å². The van der Waals surface area contributed by atoms with Crippen LogP contribution in [-0.2, 0) is 4.79 Å². The number of rotatable bonds is 4. The predicted molar refractivity (Wildman–Crippen MR) is 108 cm³/mol. The van der Waals surface area contributed by atoms with Crippen LogP contribution < -0.4 is 4.90 Å². The molecule has 3 amide bonds. The summed E-state index contributed by atoms with van der Waals surface area (Å²) in [6.07, 6.45) is 1.56. The zero-order valence-electron chi connectivity index (χ0n) is 16.6. The van der Waals surface area contributed by atoms with E-state index in [0.717, 1.165) is 52.1 Å². The van der Waals surface area contributed by atoms with Gasteiger partial charge in [0.2, 0.25) is 5.91 Å². The van der Waals surface area contributed by atoms with E-state index in [0.29, 0.717) is 13.1 Å². The highest BCUT2D eigenvalue weighted by molar-refractivity contribution is 5.80. The molecule has 0 N–H and O–H groups in total. The second kappa shape index (κ2) is 9.11. The summed E-state index contributed by atoms with van der Waals surface area (Å²) >= 11 is 0. The Balaban J connectivity index is 1.47. The maximum atomic E-state index is 12.9. The van der Waals surface area contributed by atoms with Gasteiger partial charge in [-0.1, -0.05) is 18.2 Å². The summed E-state index contributed by atoms with van der Waals surface area (Å²) in [7, 11) is 0. The Morgan fingerprint density at radius 2 is 1.48 bits per heavy atom. The van der Waals surface area contributed by atoms with Crippen LogP contribution in [0.1, 0.15) is 26.7 Å². The molecule has 148 valence electrons. The van der Waals surface area contributed by atoms with Crippen LogP contribution in [0.3, 0.4) is 0 Å². The molecule has 3 rings (SSSR count). The minimum atomic E-state index is 0.0639. The number of benzene rings is 1. The van der Waals surface area contributed by atoms with Gasteiger partial charge in [0.05, 0.1) is 0 Å². The summed E-state index contributed by atoms with van der Waals surface area (Å²) in [6, 6.07) is 10.5. The van der Waals surface area contributed by atoms with Crippen molar-refractivity contribution in [1.82, 2.24) is 14.7 Å². The lowest BCUT2D eigenvalue weighted by atomic mass is 9.95. The van der Waals surface area contributed by atoms with Crippen LogP contribution in [0.2, 0.25) is 0 Å². The number of piperazine rings is 1. The maximum absolute atomic E-state index is 12.9. The first-order valence-electron chi connectivity index (χ1n) is 10.3. The highest BCUT2D eigenvalue weighted by Crippen LogP contribution is 2.22. The van der Waals surface area contributed by atoms with Crippen LogP contribution in [0.25, 0.3) is 0 Å². The smallest absolute Gasteiger partial charge is 0.319 e. The number of hydrogen-bond donors (Lipinski definition) is 0. The summed E-state index contributed by atoms with van der Waals surface area (Å²) < 4.78 is 0. The van der Waals surface area contributed by atoms with Crippen LogP contribution in [0, 0.1) is 5.92 Å². The molecule has 27 heavy (non-hydrogen) atoms. The molecule has 0 unspecified atom stereocenters. The molecule has 1 aromatic rings. The van der Waals surface area contributed by atoms with Crippen molar-refractivity contribution in [2.24, 2.45) is 5.92 Å². The van der Waals surface area contributed by atoms with Gasteiger partial charge in [0, 0.05) is 64.0 Å². The maximum Gasteiger partial charge on any atom is 0.319 e. The van der Waals surface area contributed by atoms with Crippen LogP contribution in [0.15, 0.2) is 30.3 Å². The number of amides is 3. The molecule has 2 fully saturated rings. The summed E-state index contributed by atoms with van der Waals surface area (Å²) in [4.78, 5) is 33.5. The molecule has 2 aliphatic rings. The first kappa shape index (κ1) is 19.5. The molecule has 0 aromatic heterocycles. The molecule has 0 saturated carbocycles. The summed E-state index contributed by atoms with van der Waals surface area (Å²) in [5.74, 6) is 0.340. The van der Waals surface area contributed by atoms with E-state index in [2.05, 4.69) is 29.2 Å². The number of anilines is 1. The van der Waals surface area contributed by atoms with E-state index < -0.39 is 0 Å². The Bertz CT molecular complexity index is 616. The lowest BCUT2D eigenvalue weighted by Crippen LogP contribution is -2.53. The lowest BCUT2D eigenvalue weighted by molar-refractivity contribution is -0.137.